The Bertz CT molecular complexity index is 598. The number of pyridine rings is 1. The molecule has 19 heavy (non-hydrogen) atoms. The summed E-state index contributed by atoms with van der Waals surface area (Å²) in [5.74, 6) is 0.417. The number of para-hydroxylation sites is 1. The summed E-state index contributed by atoms with van der Waals surface area (Å²) < 4.78 is 0. The summed E-state index contributed by atoms with van der Waals surface area (Å²) >= 11 is 4.35. The smallest absolute Gasteiger partial charge is 0.252 e. The Morgan fingerprint density at radius 3 is 3.00 bits per heavy atom. The van der Waals surface area contributed by atoms with Crippen molar-refractivity contribution in [1.82, 2.24) is 10.3 Å². The molecule has 0 aliphatic carbocycles. The molecule has 1 N–H and O–H groups in total. The molecule has 0 spiro atoms. The van der Waals surface area contributed by atoms with Crippen molar-refractivity contribution in [2.45, 2.75) is 25.2 Å². The molecule has 100 valence electrons. The normalized spacial score (nSPS) is 12.4. The molecule has 2 rings (SSSR count). The molecule has 4 heteroatoms. The predicted molar refractivity (Wildman–Crippen MR) is 80.8 cm³/mol. The molecule has 2 aromatic rings. The fraction of sp³-hybridized carbons (Fsp3) is 0.333. The zero-order chi connectivity index (χ0) is 13.8. The minimum atomic E-state index is -0.0701. The first-order valence-corrected chi connectivity index (χ1v) is 6.92. The standard InChI is InChI=1S/C15H18N2OS/c1-3-10(2)8-17-15(18)12-7-11-5-4-6-13(19)14(11)16-9-12/h4-7,9-10,19H,3,8H2,1-2H3,(H,17,18). The van der Waals surface area contributed by atoms with Crippen LogP contribution in [0, 0.1) is 5.92 Å². The summed E-state index contributed by atoms with van der Waals surface area (Å²) in [5, 5.41) is 3.86. The number of nitrogens with zero attached hydrogens (tertiary/aromatic N) is 1. The molecule has 1 unspecified atom stereocenters. The van der Waals surface area contributed by atoms with Gasteiger partial charge in [-0.25, -0.2) is 0 Å². The Labute approximate surface area is 118 Å². The lowest BCUT2D eigenvalue weighted by Crippen LogP contribution is -2.28. The summed E-state index contributed by atoms with van der Waals surface area (Å²) in [6.07, 6.45) is 2.66. The second kappa shape index (κ2) is 6.06. The Morgan fingerprint density at radius 2 is 2.26 bits per heavy atom. The predicted octanol–water partition coefficient (Wildman–Crippen LogP) is 3.30. The van der Waals surface area contributed by atoms with E-state index in [0.717, 1.165) is 22.2 Å². The molecule has 0 bridgehead atoms. The molecule has 1 aromatic heterocycles. The Kier molecular flexibility index (Phi) is 4.43. The highest BCUT2D eigenvalue weighted by molar-refractivity contribution is 7.80. The van der Waals surface area contributed by atoms with Crippen LogP contribution in [0.5, 0.6) is 0 Å². The molecular weight excluding hydrogens is 256 g/mol. The Hall–Kier alpha value is -1.55. The summed E-state index contributed by atoms with van der Waals surface area (Å²) in [4.78, 5) is 17.2. The van der Waals surface area contributed by atoms with E-state index in [4.69, 9.17) is 0 Å². The quantitative estimate of drug-likeness (QED) is 0.840. The van der Waals surface area contributed by atoms with Crippen LogP contribution in [0.15, 0.2) is 35.4 Å². The number of benzene rings is 1. The van der Waals surface area contributed by atoms with Crippen LogP contribution in [-0.2, 0) is 0 Å². The van der Waals surface area contributed by atoms with Crippen LogP contribution in [0.1, 0.15) is 30.6 Å². The molecule has 0 aliphatic heterocycles. The lowest BCUT2D eigenvalue weighted by Gasteiger charge is -2.10. The number of amides is 1. The van der Waals surface area contributed by atoms with Crippen LogP contribution in [-0.4, -0.2) is 17.4 Å². The maximum atomic E-state index is 12.0. The van der Waals surface area contributed by atoms with Crippen molar-refractivity contribution in [1.29, 1.82) is 0 Å². The third kappa shape index (κ3) is 3.26. The molecule has 0 aliphatic rings. The summed E-state index contributed by atoms with van der Waals surface area (Å²) in [5.41, 5.74) is 1.42. The van der Waals surface area contributed by atoms with Crippen molar-refractivity contribution in [3.05, 3.63) is 36.0 Å². The molecule has 1 heterocycles. The first kappa shape index (κ1) is 13.9. The lowest BCUT2D eigenvalue weighted by atomic mass is 10.1. The highest BCUT2D eigenvalue weighted by atomic mass is 32.1. The van der Waals surface area contributed by atoms with Gasteiger partial charge in [-0.15, -0.1) is 12.6 Å². The number of fused-ring (bicyclic) bond motifs is 1. The fourth-order valence-corrected chi connectivity index (χ4v) is 2.06. The van der Waals surface area contributed by atoms with Crippen LogP contribution in [0.25, 0.3) is 10.9 Å². The molecule has 0 saturated heterocycles. The van der Waals surface area contributed by atoms with Crippen LogP contribution in [0.4, 0.5) is 0 Å². The van der Waals surface area contributed by atoms with E-state index in [-0.39, 0.29) is 5.91 Å². The van der Waals surface area contributed by atoms with E-state index in [1.54, 1.807) is 6.20 Å². The fourth-order valence-electron chi connectivity index (χ4n) is 1.78. The maximum absolute atomic E-state index is 12.0. The number of carbonyl (C=O) groups is 1. The molecule has 1 aromatic carbocycles. The van der Waals surface area contributed by atoms with E-state index in [0.29, 0.717) is 18.0 Å². The van der Waals surface area contributed by atoms with Gasteiger partial charge in [0, 0.05) is 23.0 Å². The zero-order valence-corrected chi connectivity index (χ0v) is 12.1. The molecule has 0 saturated carbocycles. The van der Waals surface area contributed by atoms with Crippen LogP contribution in [0.3, 0.4) is 0 Å². The van der Waals surface area contributed by atoms with Gasteiger partial charge in [0.1, 0.15) is 0 Å². The first-order valence-electron chi connectivity index (χ1n) is 6.47. The monoisotopic (exact) mass is 274 g/mol. The van der Waals surface area contributed by atoms with Gasteiger partial charge in [0.15, 0.2) is 0 Å². The van der Waals surface area contributed by atoms with Crippen molar-refractivity contribution in [3.8, 4) is 0 Å². The molecule has 3 nitrogen and oxygen atoms in total. The van der Waals surface area contributed by atoms with Gasteiger partial charge < -0.3 is 5.32 Å². The van der Waals surface area contributed by atoms with Crippen LogP contribution in [0.2, 0.25) is 0 Å². The van der Waals surface area contributed by atoms with Crippen LogP contribution < -0.4 is 5.32 Å². The minimum absolute atomic E-state index is 0.0701. The van der Waals surface area contributed by atoms with E-state index in [1.807, 2.05) is 24.3 Å². The highest BCUT2D eigenvalue weighted by Gasteiger charge is 2.09. The molecular formula is C15H18N2OS. The van der Waals surface area contributed by atoms with Crippen LogP contribution >= 0.6 is 12.6 Å². The minimum Gasteiger partial charge on any atom is -0.352 e. The van der Waals surface area contributed by atoms with Gasteiger partial charge in [-0.3, -0.25) is 9.78 Å². The van der Waals surface area contributed by atoms with E-state index in [9.17, 15) is 4.79 Å². The van der Waals surface area contributed by atoms with Crippen molar-refractivity contribution < 1.29 is 4.79 Å². The average molecular weight is 274 g/mol. The highest BCUT2D eigenvalue weighted by Crippen LogP contribution is 2.20. The van der Waals surface area contributed by atoms with E-state index >= 15 is 0 Å². The van der Waals surface area contributed by atoms with E-state index in [2.05, 4.69) is 36.8 Å². The molecule has 1 atom stereocenters. The van der Waals surface area contributed by atoms with Gasteiger partial charge in [0.2, 0.25) is 0 Å². The summed E-state index contributed by atoms with van der Waals surface area (Å²) in [6.45, 7) is 4.93. The number of hydrogen-bond donors (Lipinski definition) is 2. The van der Waals surface area contributed by atoms with Gasteiger partial charge in [-0.1, -0.05) is 32.4 Å². The Morgan fingerprint density at radius 1 is 1.47 bits per heavy atom. The zero-order valence-electron chi connectivity index (χ0n) is 11.2. The first-order chi connectivity index (χ1) is 9.11. The molecule has 0 fully saturated rings. The van der Waals surface area contributed by atoms with Crippen molar-refractivity contribution in [3.63, 3.8) is 0 Å². The SMILES string of the molecule is CCC(C)CNC(=O)c1cnc2c(S)cccc2c1. The van der Waals surface area contributed by atoms with Gasteiger partial charge >= 0.3 is 0 Å². The van der Waals surface area contributed by atoms with Gasteiger partial charge in [0.25, 0.3) is 5.91 Å². The third-order valence-electron chi connectivity index (χ3n) is 3.26. The number of carbonyl (C=O) groups excluding carboxylic acids is 1. The third-order valence-corrected chi connectivity index (χ3v) is 3.62. The van der Waals surface area contributed by atoms with Crippen molar-refractivity contribution >= 4 is 29.4 Å². The second-order valence-electron chi connectivity index (χ2n) is 4.80. The number of hydrogen-bond acceptors (Lipinski definition) is 3. The Balaban J connectivity index is 2.19. The number of rotatable bonds is 4. The lowest BCUT2D eigenvalue weighted by molar-refractivity contribution is 0.0947. The number of thiol groups is 1. The largest absolute Gasteiger partial charge is 0.352 e. The van der Waals surface area contributed by atoms with Gasteiger partial charge in [-0.05, 0) is 18.1 Å². The molecule has 0 radical (unpaired) electrons. The van der Waals surface area contributed by atoms with Crippen molar-refractivity contribution in [2.75, 3.05) is 6.54 Å². The average Bonchev–Trinajstić information content (AvgIpc) is 2.44. The summed E-state index contributed by atoms with van der Waals surface area (Å²) in [6, 6.07) is 7.59. The second-order valence-corrected chi connectivity index (χ2v) is 5.28. The maximum Gasteiger partial charge on any atom is 0.252 e. The summed E-state index contributed by atoms with van der Waals surface area (Å²) in [7, 11) is 0. The number of aromatic nitrogens is 1. The van der Waals surface area contributed by atoms with Crippen molar-refractivity contribution in [2.24, 2.45) is 5.92 Å². The number of nitrogens with one attached hydrogen (secondary N) is 1. The molecule has 1 amide bonds. The van der Waals surface area contributed by atoms with E-state index < -0.39 is 0 Å². The van der Waals surface area contributed by atoms with Gasteiger partial charge in [0.05, 0.1) is 11.1 Å². The van der Waals surface area contributed by atoms with E-state index in [1.165, 1.54) is 0 Å². The topological polar surface area (TPSA) is 42.0 Å². The van der Waals surface area contributed by atoms with Gasteiger partial charge in [-0.2, -0.15) is 0 Å².